The SMILES string of the molecule is CC.CC.CC.CC.CCc1ccc(-c2c(O)[nH]c3ccc(N)cc23)nc1. The molecule has 4 heteroatoms. The summed E-state index contributed by atoms with van der Waals surface area (Å²) in [7, 11) is 0. The molecule has 0 bridgehead atoms. The fourth-order valence-electron chi connectivity index (χ4n) is 2.24. The number of aromatic hydroxyl groups is 1. The molecule has 0 fully saturated rings. The van der Waals surface area contributed by atoms with Crippen LogP contribution in [0, 0.1) is 0 Å². The quantitative estimate of drug-likeness (QED) is 0.416. The van der Waals surface area contributed by atoms with Gasteiger partial charge in [-0.25, -0.2) is 0 Å². The Morgan fingerprint density at radius 3 is 2.00 bits per heavy atom. The highest BCUT2D eigenvalue weighted by atomic mass is 16.3. The van der Waals surface area contributed by atoms with Crippen molar-refractivity contribution in [1.29, 1.82) is 0 Å². The van der Waals surface area contributed by atoms with E-state index in [4.69, 9.17) is 5.73 Å². The van der Waals surface area contributed by atoms with E-state index in [-0.39, 0.29) is 5.88 Å². The minimum atomic E-state index is 0.123. The van der Waals surface area contributed by atoms with Gasteiger partial charge < -0.3 is 15.8 Å². The van der Waals surface area contributed by atoms with Gasteiger partial charge in [-0.2, -0.15) is 0 Å². The van der Waals surface area contributed by atoms with Crippen LogP contribution in [0.25, 0.3) is 22.2 Å². The van der Waals surface area contributed by atoms with E-state index < -0.39 is 0 Å². The van der Waals surface area contributed by atoms with Crippen molar-refractivity contribution in [2.24, 2.45) is 0 Å². The van der Waals surface area contributed by atoms with Crippen LogP contribution in [0.1, 0.15) is 67.9 Å². The summed E-state index contributed by atoms with van der Waals surface area (Å²) in [5.41, 5.74) is 9.93. The summed E-state index contributed by atoms with van der Waals surface area (Å²) in [5, 5.41) is 11.0. The summed E-state index contributed by atoms with van der Waals surface area (Å²) in [5.74, 6) is 0.123. The van der Waals surface area contributed by atoms with Gasteiger partial charge in [0.1, 0.15) is 0 Å². The van der Waals surface area contributed by atoms with Crippen LogP contribution >= 0.6 is 0 Å². The number of nitrogens with two attached hydrogens (primary N) is 1. The molecule has 4 nitrogen and oxygen atoms in total. The average Bonchev–Trinajstić information content (AvgIpc) is 3.09. The molecule has 0 aliphatic heterocycles. The average molecular weight is 374 g/mol. The van der Waals surface area contributed by atoms with Gasteiger partial charge in [0.15, 0.2) is 5.88 Å². The van der Waals surface area contributed by atoms with Crippen LogP contribution in [-0.2, 0) is 6.42 Å². The molecule has 1 aromatic carbocycles. The van der Waals surface area contributed by atoms with Crippen LogP contribution in [-0.4, -0.2) is 15.1 Å². The predicted molar refractivity (Wildman–Crippen MR) is 122 cm³/mol. The van der Waals surface area contributed by atoms with Gasteiger partial charge in [0.25, 0.3) is 0 Å². The maximum atomic E-state index is 10.1. The molecule has 0 aliphatic carbocycles. The number of rotatable bonds is 2. The number of H-pyrrole nitrogens is 1. The molecule has 4 N–H and O–H groups in total. The Morgan fingerprint density at radius 2 is 1.52 bits per heavy atom. The minimum absolute atomic E-state index is 0.123. The lowest BCUT2D eigenvalue weighted by molar-refractivity contribution is 0.460. The van der Waals surface area contributed by atoms with E-state index in [1.807, 2.05) is 85.9 Å². The smallest absolute Gasteiger partial charge is 0.199 e. The molecule has 0 radical (unpaired) electrons. The number of hydrogen-bond acceptors (Lipinski definition) is 3. The number of fused-ring (bicyclic) bond motifs is 1. The predicted octanol–water partition coefficient (Wildman–Crippen LogP) is 7.18. The van der Waals surface area contributed by atoms with Crippen molar-refractivity contribution in [3.05, 3.63) is 42.1 Å². The number of aromatic amines is 1. The van der Waals surface area contributed by atoms with Crippen molar-refractivity contribution >= 4 is 16.6 Å². The van der Waals surface area contributed by atoms with Crippen LogP contribution in [0.4, 0.5) is 5.69 Å². The maximum Gasteiger partial charge on any atom is 0.199 e. The fourth-order valence-corrected chi connectivity index (χ4v) is 2.24. The van der Waals surface area contributed by atoms with Gasteiger partial charge in [-0.3, -0.25) is 4.98 Å². The standard InChI is InChI=1S/C15H15N3O.4C2H6/c1-2-9-3-5-13(17-8-9)14-11-7-10(16)4-6-12(11)18-15(14)19;4*1-2/h3-8,18-19H,2,16H2,1H3;4*1-2H3. The molecule has 0 saturated carbocycles. The molecule has 0 aliphatic rings. The number of aryl methyl sites for hydroxylation is 1. The summed E-state index contributed by atoms with van der Waals surface area (Å²) in [6.07, 6.45) is 2.78. The molecule has 27 heavy (non-hydrogen) atoms. The largest absolute Gasteiger partial charge is 0.494 e. The lowest BCUT2D eigenvalue weighted by Crippen LogP contribution is -1.87. The molecular formula is C23H39N3O. The highest BCUT2D eigenvalue weighted by Crippen LogP contribution is 2.36. The molecule has 3 aromatic rings. The van der Waals surface area contributed by atoms with Gasteiger partial charge in [0, 0.05) is 22.8 Å². The fraction of sp³-hybridized carbons (Fsp3) is 0.435. The summed E-state index contributed by atoms with van der Waals surface area (Å²) < 4.78 is 0. The van der Waals surface area contributed by atoms with Gasteiger partial charge in [-0.05, 0) is 36.2 Å². The van der Waals surface area contributed by atoms with E-state index in [1.165, 1.54) is 5.56 Å². The monoisotopic (exact) mass is 373 g/mol. The van der Waals surface area contributed by atoms with Gasteiger partial charge >= 0.3 is 0 Å². The van der Waals surface area contributed by atoms with Gasteiger partial charge in [0.2, 0.25) is 0 Å². The zero-order valence-electron chi connectivity index (χ0n) is 18.6. The Kier molecular flexibility index (Phi) is 15.6. The van der Waals surface area contributed by atoms with Crippen molar-refractivity contribution < 1.29 is 5.11 Å². The molecule has 152 valence electrons. The van der Waals surface area contributed by atoms with Crippen LogP contribution in [0.3, 0.4) is 0 Å². The van der Waals surface area contributed by atoms with Crippen molar-refractivity contribution in [3.63, 3.8) is 0 Å². The molecule has 0 unspecified atom stereocenters. The van der Waals surface area contributed by atoms with Crippen LogP contribution in [0.5, 0.6) is 5.88 Å². The van der Waals surface area contributed by atoms with Crippen molar-refractivity contribution in [2.75, 3.05) is 5.73 Å². The first-order valence-electron chi connectivity index (χ1n) is 10.2. The lowest BCUT2D eigenvalue weighted by Gasteiger charge is -2.02. The van der Waals surface area contributed by atoms with Crippen molar-refractivity contribution in [1.82, 2.24) is 9.97 Å². The van der Waals surface area contributed by atoms with Crippen molar-refractivity contribution in [2.45, 2.75) is 68.7 Å². The Bertz CT molecular complexity index is 731. The number of anilines is 1. The Morgan fingerprint density at radius 1 is 0.926 bits per heavy atom. The third-order valence-electron chi connectivity index (χ3n) is 3.29. The summed E-state index contributed by atoms with van der Waals surface area (Å²) in [6.45, 7) is 18.1. The van der Waals surface area contributed by atoms with Crippen LogP contribution in [0.2, 0.25) is 0 Å². The highest BCUT2D eigenvalue weighted by Gasteiger charge is 2.14. The lowest BCUT2D eigenvalue weighted by atomic mass is 10.1. The van der Waals surface area contributed by atoms with Crippen molar-refractivity contribution in [3.8, 4) is 17.1 Å². The Hall–Kier alpha value is -2.49. The summed E-state index contributed by atoms with van der Waals surface area (Å²) in [4.78, 5) is 7.35. The number of aromatic nitrogens is 2. The van der Waals surface area contributed by atoms with E-state index in [2.05, 4.69) is 16.9 Å². The second kappa shape index (κ2) is 15.7. The molecule has 0 spiro atoms. The normalized spacial score (nSPS) is 8.63. The van der Waals surface area contributed by atoms with Gasteiger partial charge in [0.05, 0.1) is 11.3 Å². The van der Waals surface area contributed by atoms with E-state index in [9.17, 15) is 5.11 Å². The van der Waals surface area contributed by atoms with E-state index in [0.717, 1.165) is 23.0 Å². The van der Waals surface area contributed by atoms with Crippen LogP contribution < -0.4 is 5.73 Å². The maximum absolute atomic E-state index is 10.1. The number of nitrogens with zero attached hydrogens (tertiary/aromatic N) is 1. The number of nitrogen functional groups attached to an aromatic ring is 1. The first kappa shape index (κ1) is 26.7. The molecule has 2 aromatic heterocycles. The first-order valence-corrected chi connectivity index (χ1v) is 10.2. The summed E-state index contributed by atoms with van der Waals surface area (Å²) in [6, 6.07) is 9.44. The second-order valence-electron chi connectivity index (χ2n) is 4.56. The third-order valence-corrected chi connectivity index (χ3v) is 3.29. The highest BCUT2D eigenvalue weighted by molar-refractivity contribution is 5.99. The Labute approximate surface area is 165 Å². The number of hydrogen-bond donors (Lipinski definition) is 3. The molecule has 3 rings (SSSR count). The number of pyridine rings is 1. The van der Waals surface area contributed by atoms with E-state index in [1.54, 1.807) is 6.07 Å². The van der Waals surface area contributed by atoms with E-state index in [0.29, 0.717) is 11.3 Å². The minimum Gasteiger partial charge on any atom is -0.494 e. The second-order valence-corrected chi connectivity index (χ2v) is 4.56. The zero-order chi connectivity index (χ0) is 21.4. The van der Waals surface area contributed by atoms with Gasteiger partial charge in [-0.15, -0.1) is 0 Å². The molecular weight excluding hydrogens is 334 g/mol. The molecule has 0 atom stereocenters. The molecule has 2 heterocycles. The number of nitrogens with one attached hydrogen (secondary N) is 1. The van der Waals surface area contributed by atoms with Crippen LogP contribution in [0.15, 0.2) is 36.5 Å². The molecule has 0 saturated heterocycles. The number of benzene rings is 1. The topological polar surface area (TPSA) is 74.9 Å². The third kappa shape index (κ3) is 7.33. The first-order chi connectivity index (χ1) is 13.2. The zero-order valence-corrected chi connectivity index (χ0v) is 18.6. The molecule has 0 amide bonds. The Balaban J connectivity index is 0. The van der Waals surface area contributed by atoms with Gasteiger partial charge in [-0.1, -0.05) is 68.4 Å². The van der Waals surface area contributed by atoms with E-state index >= 15 is 0 Å². The summed E-state index contributed by atoms with van der Waals surface area (Å²) >= 11 is 0.